The second-order valence-corrected chi connectivity index (χ2v) is 6.26. The average Bonchev–Trinajstić information content (AvgIpc) is 2.96. The third-order valence-corrected chi connectivity index (χ3v) is 4.94. The third-order valence-electron chi connectivity index (χ3n) is 4.19. The van der Waals surface area contributed by atoms with Crippen molar-refractivity contribution in [1.29, 1.82) is 0 Å². The highest BCUT2D eigenvalue weighted by Crippen LogP contribution is 2.29. The minimum atomic E-state index is 0.289. The van der Waals surface area contributed by atoms with Gasteiger partial charge in [0.1, 0.15) is 0 Å². The quantitative estimate of drug-likeness (QED) is 0.844. The third kappa shape index (κ3) is 2.63. The fourth-order valence-electron chi connectivity index (χ4n) is 3.09. The molecule has 1 nitrogen and oxygen atoms in total. The van der Waals surface area contributed by atoms with Crippen molar-refractivity contribution in [2.45, 2.75) is 30.2 Å². The summed E-state index contributed by atoms with van der Waals surface area (Å²) < 4.78 is 0. The molecule has 1 aliphatic rings. The maximum absolute atomic E-state index is 3.46. The topological polar surface area (TPSA) is 12.0 Å². The maximum atomic E-state index is 3.46. The normalized spacial score (nSPS) is 15.1. The minimum Gasteiger partial charge on any atom is -0.309 e. The molecule has 0 aliphatic heterocycles. The van der Waals surface area contributed by atoms with Crippen LogP contribution in [0, 0.1) is 0 Å². The molecule has 2 aromatic carbocycles. The number of nitrogens with one attached hydrogen (secondary N) is 1. The van der Waals surface area contributed by atoms with Gasteiger partial charge in [-0.3, -0.25) is 0 Å². The summed E-state index contributed by atoms with van der Waals surface area (Å²) in [4.78, 5) is 1.32. The van der Waals surface area contributed by atoms with Gasteiger partial charge in [0.25, 0.3) is 0 Å². The molecule has 0 fully saturated rings. The molecule has 2 heteroatoms. The molecular weight excluding hydrogens is 262 g/mol. The lowest BCUT2D eigenvalue weighted by Gasteiger charge is -2.18. The van der Waals surface area contributed by atoms with Gasteiger partial charge in [-0.25, -0.2) is 0 Å². The molecule has 1 unspecified atom stereocenters. The molecule has 20 heavy (non-hydrogen) atoms. The van der Waals surface area contributed by atoms with Gasteiger partial charge in [-0.05, 0) is 67.0 Å². The first-order chi connectivity index (χ1) is 9.81. The molecule has 104 valence electrons. The van der Waals surface area contributed by atoms with Crippen molar-refractivity contribution in [3.63, 3.8) is 0 Å². The van der Waals surface area contributed by atoms with Gasteiger partial charge in [-0.1, -0.05) is 30.3 Å². The smallest absolute Gasteiger partial charge is 0.0574 e. The van der Waals surface area contributed by atoms with Gasteiger partial charge < -0.3 is 5.32 Å². The van der Waals surface area contributed by atoms with Crippen molar-refractivity contribution in [2.24, 2.45) is 0 Å². The summed E-state index contributed by atoms with van der Waals surface area (Å²) in [5.74, 6) is 0. The Kier molecular flexibility index (Phi) is 4.13. The predicted octanol–water partition coefficient (Wildman–Crippen LogP) is 4.21. The van der Waals surface area contributed by atoms with E-state index in [2.05, 4.69) is 54.0 Å². The summed E-state index contributed by atoms with van der Waals surface area (Å²) in [5.41, 5.74) is 5.80. The Labute approximate surface area is 125 Å². The molecule has 0 spiro atoms. The van der Waals surface area contributed by atoms with Crippen LogP contribution in [0.4, 0.5) is 0 Å². The van der Waals surface area contributed by atoms with Crippen LogP contribution in [0.25, 0.3) is 0 Å². The van der Waals surface area contributed by atoms with Crippen LogP contribution >= 0.6 is 11.8 Å². The fraction of sp³-hybridized carbons (Fsp3) is 0.333. The Balaban J connectivity index is 1.92. The molecule has 3 rings (SSSR count). The Morgan fingerprint density at radius 1 is 0.950 bits per heavy atom. The van der Waals surface area contributed by atoms with E-state index >= 15 is 0 Å². The van der Waals surface area contributed by atoms with Gasteiger partial charge in [0.2, 0.25) is 0 Å². The largest absolute Gasteiger partial charge is 0.309 e. The Morgan fingerprint density at radius 2 is 1.65 bits per heavy atom. The first kappa shape index (κ1) is 13.7. The number of hydrogen-bond acceptors (Lipinski definition) is 2. The molecular formula is C18H21NS. The van der Waals surface area contributed by atoms with Gasteiger partial charge in [-0.15, -0.1) is 11.8 Å². The summed E-state index contributed by atoms with van der Waals surface area (Å²) in [6.45, 7) is 0. The molecule has 0 aromatic heterocycles. The van der Waals surface area contributed by atoms with Crippen molar-refractivity contribution < 1.29 is 0 Å². The summed E-state index contributed by atoms with van der Waals surface area (Å²) in [6, 6.07) is 16.2. The number of thioether (sulfide) groups is 1. The zero-order valence-corrected chi connectivity index (χ0v) is 13.0. The molecule has 0 saturated carbocycles. The number of rotatable bonds is 4. The van der Waals surface area contributed by atoms with Crippen molar-refractivity contribution in [3.05, 3.63) is 64.7 Å². The van der Waals surface area contributed by atoms with E-state index in [1.165, 1.54) is 35.3 Å². The Hall–Kier alpha value is -1.25. The van der Waals surface area contributed by atoms with Crippen LogP contribution < -0.4 is 5.32 Å². The molecule has 0 saturated heterocycles. The first-order valence-corrected chi connectivity index (χ1v) is 8.47. The zero-order valence-electron chi connectivity index (χ0n) is 12.1. The standard InChI is InChI=1S/C18H21NS/c1-19-18(14-8-10-17(20-2)11-9-14)16-7-6-13-4-3-5-15(13)12-16/h6-12,18-19H,3-5H2,1-2H3. The van der Waals surface area contributed by atoms with Crippen LogP contribution in [0.15, 0.2) is 47.4 Å². The van der Waals surface area contributed by atoms with Crippen molar-refractivity contribution >= 4 is 11.8 Å². The molecule has 1 aliphatic carbocycles. The molecule has 1 atom stereocenters. The lowest BCUT2D eigenvalue weighted by Crippen LogP contribution is -2.17. The lowest BCUT2D eigenvalue weighted by molar-refractivity contribution is 0.690. The van der Waals surface area contributed by atoms with Crippen LogP contribution in [0.1, 0.15) is 34.7 Å². The number of aryl methyl sites for hydroxylation is 2. The van der Waals surface area contributed by atoms with Gasteiger partial charge in [0.15, 0.2) is 0 Å². The van der Waals surface area contributed by atoms with Crippen LogP contribution in [0.3, 0.4) is 0 Å². The van der Waals surface area contributed by atoms with Gasteiger partial charge in [-0.2, -0.15) is 0 Å². The van der Waals surface area contributed by atoms with E-state index in [0.717, 1.165) is 0 Å². The van der Waals surface area contributed by atoms with E-state index in [1.54, 1.807) is 22.9 Å². The van der Waals surface area contributed by atoms with Crippen LogP contribution in [0.2, 0.25) is 0 Å². The van der Waals surface area contributed by atoms with E-state index in [0.29, 0.717) is 0 Å². The summed E-state index contributed by atoms with van der Waals surface area (Å²) in [6.07, 6.45) is 5.92. The molecule has 0 heterocycles. The van der Waals surface area contributed by atoms with Gasteiger partial charge in [0.05, 0.1) is 6.04 Å². The highest BCUT2D eigenvalue weighted by atomic mass is 32.2. The van der Waals surface area contributed by atoms with Gasteiger partial charge >= 0.3 is 0 Å². The van der Waals surface area contributed by atoms with Crippen LogP contribution in [0.5, 0.6) is 0 Å². The minimum absolute atomic E-state index is 0.289. The summed E-state index contributed by atoms with van der Waals surface area (Å²) >= 11 is 1.79. The molecule has 1 N–H and O–H groups in total. The van der Waals surface area contributed by atoms with E-state index in [4.69, 9.17) is 0 Å². The van der Waals surface area contributed by atoms with Crippen molar-refractivity contribution in [2.75, 3.05) is 13.3 Å². The number of hydrogen-bond donors (Lipinski definition) is 1. The van der Waals surface area contributed by atoms with Crippen LogP contribution in [-0.4, -0.2) is 13.3 Å². The van der Waals surface area contributed by atoms with Gasteiger partial charge in [0, 0.05) is 4.90 Å². The monoisotopic (exact) mass is 283 g/mol. The molecule has 0 bridgehead atoms. The van der Waals surface area contributed by atoms with E-state index < -0.39 is 0 Å². The summed E-state index contributed by atoms with van der Waals surface area (Å²) in [7, 11) is 2.04. The Morgan fingerprint density at radius 3 is 2.35 bits per heavy atom. The molecule has 0 amide bonds. The number of fused-ring (bicyclic) bond motifs is 1. The SMILES string of the molecule is CNC(c1ccc(SC)cc1)c1ccc2c(c1)CCC2. The highest BCUT2D eigenvalue weighted by molar-refractivity contribution is 7.98. The van der Waals surface area contributed by atoms with Crippen molar-refractivity contribution in [1.82, 2.24) is 5.32 Å². The first-order valence-electron chi connectivity index (χ1n) is 7.24. The average molecular weight is 283 g/mol. The predicted molar refractivity (Wildman–Crippen MR) is 87.6 cm³/mol. The van der Waals surface area contributed by atoms with E-state index in [1.807, 2.05) is 7.05 Å². The van der Waals surface area contributed by atoms with E-state index in [-0.39, 0.29) is 6.04 Å². The summed E-state index contributed by atoms with van der Waals surface area (Å²) in [5, 5.41) is 3.46. The van der Waals surface area contributed by atoms with Crippen LogP contribution in [-0.2, 0) is 12.8 Å². The zero-order chi connectivity index (χ0) is 13.9. The van der Waals surface area contributed by atoms with Crippen molar-refractivity contribution in [3.8, 4) is 0 Å². The fourth-order valence-corrected chi connectivity index (χ4v) is 3.50. The molecule has 2 aromatic rings. The molecule has 0 radical (unpaired) electrons. The second kappa shape index (κ2) is 6.02. The lowest BCUT2D eigenvalue weighted by atomic mass is 9.96. The Bertz CT molecular complexity index is 589. The highest BCUT2D eigenvalue weighted by Gasteiger charge is 2.16. The number of benzene rings is 2. The second-order valence-electron chi connectivity index (χ2n) is 5.38. The maximum Gasteiger partial charge on any atom is 0.0574 e. The van der Waals surface area contributed by atoms with E-state index in [9.17, 15) is 0 Å².